The van der Waals surface area contributed by atoms with Gasteiger partial charge in [0.15, 0.2) is 5.69 Å². The van der Waals surface area contributed by atoms with Crippen molar-refractivity contribution in [2.24, 2.45) is 0 Å². The first-order chi connectivity index (χ1) is 12.9. The van der Waals surface area contributed by atoms with E-state index in [1.54, 1.807) is 0 Å². The minimum Gasteiger partial charge on any atom is -0.365 e. The Labute approximate surface area is 150 Å². The molecule has 0 saturated carbocycles. The molecule has 0 radical (unpaired) electrons. The van der Waals surface area contributed by atoms with Crippen LogP contribution in [0.3, 0.4) is 0 Å². The quantitative estimate of drug-likeness (QED) is 0.564. The van der Waals surface area contributed by atoms with Crippen LogP contribution in [0.4, 0.5) is 0 Å². The zero-order valence-corrected chi connectivity index (χ0v) is 13.9. The van der Waals surface area contributed by atoms with Crippen LogP contribution in [0, 0.1) is 0 Å². The molecule has 0 aliphatic carbocycles. The SMILES string of the molecule is c1ccc(-c2noc(-c3cc4n(n3)CC(c3ccccc3)OC4)n2)cc1. The van der Waals surface area contributed by atoms with Crippen molar-refractivity contribution < 1.29 is 9.26 Å². The molecule has 26 heavy (non-hydrogen) atoms. The van der Waals surface area contributed by atoms with E-state index in [4.69, 9.17) is 9.26 Å². The van der Waals surface area contributed by atoms with Crippen molar-refractivity contribution in [2.45, 2.75) is 19.3 Å². The molecule has 1 atom stereocenters. The zero-order valence-electron chi connectivity index (χ0n) is 13.9. The van der Waals surface area contributed by atoms with Crippen LogP contribution in [0.1, 0.15) is 17.4 Å². The third-order valence-corrected chi connectivity index (χ3v) is 4.48. The van der Waals surface area contributed by atoms with Gasteiger partial charge in [-0.15, -0.1) is 0 Å². The van der Waals surface area contributed by atoms with Crippen LogP contribution in [0.5, 0.6) is 0 Å². The molecule has 1 aliphatic rings. The molecule has 5 rings (SSSR count). The molecule has 2 aromatic heterocycles. The van der Waals surface area contributed by atoms with Crippen molar-refractivity contribution in [3.8, 4) is 23.0 Å². The zero-order chi connectivity index (χ0) is 17.3. The van der Waals surface area contributed by atoms with Crippen molar-refractivity contribution in [3.05, 3.63) is 78.0 Å². The van der Waals surface area contributed by atoms with E-state index in [-0.39, 0.29) is 6.10 Å². The van der Waals surface area contributed by atoms with Gasteiger partial charge in [-0.2, -0.15) is 10.1 Å². The van der Waals surface area contributed by atoms with Gasteiger partial charge in [0.25, 0.3) is 5.89 Å². The summed E-state index contributed by atoms with van der Waals surface area (Å²) in [6.07, 6.45) is -0.000912. The maximum Gasteiger partial charge on any atom is 0.278 e. The Kier molecular flexibility index (Phi) is 3.61. The lowest BCUT2D eigenvalue weighted by Crippen LogP contribution is -2.21. The van der Waals surface area contributed by atoms with Crippen LogP contribution in [-0.4, -0.2) is 19.9 Å². The first kappa shape index (κ1) is 15.0. The number of rotatable bonds is 3. The van der Waals surface area contributed by atoms with Gasteiger partial charge in [-0.05, 0) is 11.6 Å². The normalized spacial score (nSPS) is 16.4. The molecule has 0 bridgehead atoms. The van der Waals surface area contributed by atoms with E-state index in [0.717, 1.165) is 16.8 Å². The predicted molar refractivity (Wildman–Crippen MR) is 94.9 cm³/mol. The third kappa shape index (κ3) is 2.70. The van der Waals surface area contributed by atoms with E-state index in [1.165, 1.54) is 0 Å². The van der Waals surface area contributed by atoms with Crippen molar-refractivity contribution in [3.63, 3.8) is 0 Å². The maximum absolute atomic E-state index is 5.99. The smallest absolute Gasteiger partial charge is 0.278 e. The Morgan fingerprint density at radius 2 is 1.73 bits per heavy atom. The molecule has 128 valence electrons. The van der Waals surface area contributed by atoms with Crippen molar-refractivity contribution in [1.29, 1.82) is 0 Å². The molecule has 0 saturated heterocycles. The Morgan fingerprint density at radius 1 is 0.962 bits per heavy atom. The molecule has 3 heterocycles. The van der Waals surface area contributed by atoms with E-state index >= 15 is 0 Å². The van der Waals surface area contributed by atoms with E-state index in [2.05, 4.69) is 27.4 Å². The van der Waals surface area contributed by atoms with E-state index in [9.17, 15) is 0 Å². The Bertz CT molecular complexity index is 1020. The summed E-state index contributed by atoms with van der Waals surface area (Å²) in [4.78, 5) is 4.48. The highest BCUT2D eigenvalue weighted by atomic mass is 16.5. The number of hydrogen-bond donors (Lipinski definition) is 0. The Hall–Kier alpha value is -3.25. The molecule has 1 unspecified atom stereocenters. The second-order valence-corrected chi connectivity index (χ2v) is 6.20. The molecular weight excluding hydrogens is 328 g/mol. The molecule has 4 aromatic rings. The first-order valence-corrected chi connectivity index (χ1v) is 8.49. The van der Waals surface area contributed by atoms with Crippen LogP contribution in [0.25, 0.3) is 23.0 Å². The van der Waals surface area contributed by atoms with Crippen LogP contribution in [0.15, 0.2) is 71.3 Å². The van der Waals surface area contributed by atoms with Gasteiger partial charge in [-0.1, -0.05) is 65.8 Å². The number of ether oxygens (including phenoxy) is 1. The van der Waals surface area contributed by atoms with Crippen LogP contribution >= 0.6 is 0 Å². The highest BCUT2D eigenvalue weighted by Gasteiger charge is 2.24. The van der Waals surface area contributed by atoms with Gasteiger partial charge in [0.05, 0.1) is 18.8 Å². The Morgan fingerprint density at radius 3 is 2.54 bits per heavy atom. The minimum atomic E-state index is -0.000912. The lowest BCUT2D eigenvalue weighted by Gasteiger charge is -2.24. The maximum atomic E-state index is 5.99. The second-order valence-electron chi connectivity index (χ2n) is 6.20. The molecule has 0 N–H and O–H groups in total. The van der Waals surface area contributed by atoms with Crippen LogP contribution in [0.2, 0.25) is 0 Å². The monoisotopic (exact) mass is 344 g/mol. The fourth-order valence-electron chi connectivity index (χ4n) is 3.13. The summed E-state index contributed by atoms with van der Waals surface area (Å²) in [6.45, 7) is 1.17. The Balaban J connectivity index is 1.42. The summed E-state index contributed by atoms with van der Waals surface area (Å²) in [7, 11) is 0. The minimum absolute atomic E-state index is 0.000912. The molecular formula is C20H16N4O2. The summed E-state index contributed by atoms with van der Waals surface area (Å²) >= 11 is 0. The van der Waals surface area contributed by atoms with Gasteiger partial charge in [0.2, 0.25) is 5.82 Å². The first-order valence-electron chi connectivity index (χ1n) is 8.49. The molecule has 0 fully saturated rings. The second kappa shape index (κ2) is 6.24. The topological polar surface area (TPSA) is 66.0 Å². The molecule has 1 aliphatic heterocycles. The van der Waals surface area contributed by atoms with Crippen LogP contribution < -0.4 is 0 Å². The van der Waals surface area contributed by atoms with E-state index < -0.39 is 0 Å². The van der Waals surface area contributed by atoms with Crippen LogP contribution in [-0.2, 0) is 17.9 Å². The molecule has 6 heteroatoms. The summed E-state index contributed by atoms with van der Waals surface area (Å²) in [6, 6.07) is 21.9. The average Bonchev–Trinajstić information content (AvgIpc) is 3.36. The van der Waals surface area contributed by atoms with Gasteiger partial charge < -0.3 is 9.26 Å². The van der Waals surface area contributed by atoms with Gasteiger partial charge in [-0.3, -0.25) is 4.68 Å². The lowest BCUT2D eigenvalue weighted by atomic mass is 10.1. The highest BCUT2D eigenvalue weighted by Crippen LogP contribution is 2.29. The fraction of sp³-hybridized carbons (Fsp3) is 0.150. The summed E-state index contributed by atoms with van der Waals surface area (Å²) in [5.74, 6) is 0.979. The number of nitrogens with zero attached hydrogens (tertiary/aromatic N) is 4. The number of hydrogen-bond acceptors (Lipinski definition) is 5. The van der Waals surface area contributed by atoms with Gasteiger partial charge in [0, 0.05) is 5.56 Å². The standard InChI is InChI=1S/C20H16N4O2/c1-3-7-14(8-4-1)18-12-24-16(13-25-18)11-17(22-24)20-21-19(23-26-20)15-9-5-2-6-10-15/h1-11,18H,12-13H2. The molecule has 6 nitrogen and oxygen atoms in total. The van der Waals surface area contributed by atoms with Gasteiger partial charge in [-0.25, -0.2) is 0 Å². The average molecular weight is 344 g/mol. The van der Waals surface area contributed by atoms with Crippen molar-refractivity contribution in [2.75, 3.05) is 0 Å². The van der Waals surface area contributed by atoms with E-state index in [1.807, 2.05) is 59.3 Å². The number of benzene rings is 2. The van der Waals surface area contributed by atoms with Gasteiger partial charge >= 0.3 is 0 Å². The molecule has 0 spiro atoms. The van der Waals surface area contributed by atoms with E-state index in [0.29, 0.717) is 30.6 Å². The predicted octanol–water partition coefficient (Wildman–Crippen LogP) is 3.87. The van der Waals surface area contributed by atoms with Crippen molar-refractivity contribution >= 4 is 0 Å². The van der Waals surface area contributed by atoms with Crippen molar-refractivity contribution in [1.82, 2.24) is 19.9 Å². The van der Waals surface area contributed by atoms with Gasteiger partial charge in [0.1, 0.15) is 6.10 Å². The molecule has 0 amide bonds. The summed E-state index contributed by atoms with van der Waals surface area (Å²) < 4.78 is 13.4. The third-order valence-electron chi connectivity index (χ3n) is 4.48. The molecule has 2 aromatic carbocycles. The summed E-state index contributed by atoms with van der Waals surface area (Å²) in [5.41, 5.74) is 3.75. The number of aromatic nitrogens is 4. The lowest BCUT2D eigenvalue weighted by molar-refractivity contribution is -0.00113. The highest BCUT2D eigenvalue weighted by molar-refractivity contribution is 5.57. The largest absolute Gasteiger partial charge is 0.365 e. The number of fused-ring (bicyclic) bond motifs is 1. The summed E-state index contributed by atoms with van der Waals surface area (Å²) in [5, 5.41) is 8.71. The fourth-order valence-corrected chi connectivity index (χ4v) is 3.13.